The minimum Gasteiger partial charge on any atom is -0.497 e. The summed E-state index contributed by atoms with van der Waals surface area (Å²) in [4.78, 5) is 0. The largest absolute Gasteiger partial charge is 0.497 e. The summed E-state index contributed by atoms with van der Waals surface area (Å²) >= 11 is 13.4. The minimum absolute atomic E-state index is 0.520. The van der Waals surface area contributed by atoms with Crippen LogP contribution in [0.15, 0.2) is 72.8 Å². The molecule has 6 heteroatoms. The summed E-state index contributed by atoms with van der Waals surface area (Å²) in [5.41, 5.74) is 3.84. The Balaban J connectivity index is 1.99. The first kappa shape index (κ1) is 19.4. The van der Waals surface area contributed by atoms with Crippen LogP contribution >= 0.6 is 23.2 Å². The van der Waals surface area contributed by atoms with Crippen molar-refractivity contribution in [3.8, 4) is 39.7 Å². The maximum absolute atomic E-state index is 6.88. The van der Waals surface area contributed by atoms with Crippen LogP contribution in [0.3, 0.4) is 0 Å². The van der Waals surface area contributed by atoms with Crippen LogP contribution in [0.2, 0.25) is 10.0 Å². The lowest BCUT2D eigenvalue weighted by Gasteiger charge is -2.10. The normalized spacial score (nSPS) is 10.8. The van der Waals surface area contributed by atoms with Gasteiger partial charge in [0, 0.05) is 11.1 Å². The van der Waals surface area contributed by atoms with E-state index in [0.717, 1.165) is 34.0 Å². The van der Waals surface area contributed by atoms with E-state index in [4.69, 9.17) is 37.8 Å². The molecule has 0 spiro atoms. The number of rotatable bonds is 5. The molecule has 1 heterocycles. The van der Waals surface area contributed by atoms with Crippen LogP contribution in [0.4, 0.5) is 0 Å². The predicted molar refractivity (Wildman–Crippen MR) is 118 cm³/mol. The van der Waals surface area contributed by atoms with E-state index < -0.39 is 0 Å². The number of aromatic nitrogens is 2. The highest BCUT2D eigenvalue weighted by Gasteiger charge is 2.22. The molecule has 0 saturated heterocycles. The standard InChI is InChI=1S/C23H18Cl2N2O2/c1-28-17-9-5-7-15(13-17)22-21(25)23(16-8-6-10-18(14-16)29-2)27(26-22)20-12-4-3-11-19(20)24/h3-14H,1-2H3. The van der Waals surface area contributed by atoms with Gasteiger partial charge in [-0.15, -0.1) is 0 Å². The van der Waals surface area contributed by atoms with Crippen molar-refractivity contribution in [2.45, 2.75) is 0 Å². The fourth-order valence-electron chi connectivity index (χ4n) is 3.17. The molecule has 0 amide bonds. The number of para-hydroxylation sites is 1. The topological polar surface area (TPSA) is 36.3 Å². The lowest BCUT2D eigenvalue weighted by Crippen LogP contribution is -2.00. The van der Waals surface area contributed by atoms with Gasteiger partial charge in [-0.1, -0.05) is 59.6 Å². The molecule has 29 heavy (non-hydrogen) atoms. The first-order valence-corrected chi connectivity index (χ1v) is 9.70. The van der Waals surface area contributed by atoms with Gasteiger partial charge < -0.3 is 9.47 Å². The fraction of sp³-hybridized carbons (Fsp3) is 0.0870. The van der Waals surface area contributed by atoms with Gasteiger partial charge in [-0.05, 0) is 36.4 Å². The summed E-state index contributed by atoms with van der Waals surface area (Å²) in [7, 11) is 3.26. The van der Waals surface area contributed by atoms with Crippen LogP contribution in [-0.4, -0.2) is 24.0 Å². The van der Waals surface area contributed by atoms with E-state index >= 15 is 0 Å². The third kappa shape index (κ3) is 3.69. The highest BCUT2D eigenvalue weighted by molar-refractivity contribution is 6.36. The van der Waals surface area contributed by atoms with E-state index in [1.807, 2.05) is 72.8 Å². The molecule has 4 nitrogen and oxygen atoms in total. The van der Waals surface area contributed by atoms with Crippen LogP contribution in [-0.2, 0) is 0 Å². The minimum atomic E-state index is 0.520. The smallest absolute Gasteiger partial charge is 0.119 e. The summed E-state index contributed by atoms with van der Waals surface area (Å²) in [5.74, 6) is 1.46. The Hall–Kier alpha value is -2.95. The SMILES string of the molecule is COc1cccc(-c2nn(-c3ccccc3Cl)c(-c3cccc(OC)c3)c2Cl)c1. The number of nitrogens with zero attached hydrogens (tertiary/aromatic N) is 2. The molecule has 0 N–H and O–H groups in total. The zero-order chi connectivity index (χ0) is 20.4. The van der Waals surface area contributed by atoms with E-state index in [2.05, 4.69) is 0 Å². The molecule has 0 radical (unpaired) electrons. The Morgan fingerprint density at radius 2 is 1.38 bits per heavy atom. The number of ether oxygens (including phenoxy) is 2. The molecule has 4 aromatic rings. The van der Waals surface area contributed by atoms with E-state index in [1.165, 1.54) is 0 Å². The number of hydrogen-bond acceptors (Lipinski definition) is 3. The zero-order valence-corrected chi connectivity index (χ0v) is 17.4. The maximum Gasteiger partial charge on any atom is 0.119 e. The van der Waals surface area contributed by atoms with Gasteiger partial charge in [0.2, 0.25) is 0 Å². The summed E-state index contributed by atoms with van der Waals surface area (Å²) < 4.78 is 12.5. The van der Waals surface area contributed by atoms with Gasteiger partial charge in [0.15, 0.2) is 0 Å². The van der Waals surface area contributed by atoms with Gasteiger partial charge >= 0.3 is 0 Å². The molecule has 146 valence electrons. The molecule has 0 aliphatic heterocycles. The Labute approximate surface area is 179 Å². The van der Waals surface area contributed by atoms with E-state index in [9.17, 15) is 0 Å². The average Bonchev–Trinajstić information content (AvgIpc) is 3.11. The van der Waals surface area contributed by atoms with Crippen LogP contribution < -0.4 is 9.47 Å². The average molecular weight is 425 g/mol. The van der Waals surface area contributed by atoms with Gasteiger partial charge in [-0.3, -0.25) is 0 Å². The van der Waals surface area contributed by atoms with Gasteiger partial charge in [0.1, 0.15) is 17.2 Å². The molecule has 0 atom stereocenters. The summed E-state index contributed by atoms with van der Waals surface area (Å²) in [5, 5.41) is 5.92. The molecule has 4 rings (SSSR count). The quantitative estimate of drug-likeness (QED) is 0.365. The number of methoxy groups -OCH3 is 2. The molecule has 0 saturated carbocycles. The first-order valence-electron chi connectivity index (χ1n) is 8.94. The second-order valence-electron chi connectivity index (χ2n) is 6.34. The summed E-state index contributed by atoms with van der Waals surface area (Å²) in [6.45, 7) is 0. The van der Waals surface area contributed by atoms with Crippen molar-refractivity contribution >= 4 is 23.2 Å². The van der Waals surface area contributed by atoms with Gasteiger partial charge in [-0.25, -0.2) is 4.68 Å². The molecular weight excluding hydrogens is 407 g/mol. The van der Waals surface area contributed by atoms with Crippen molar-refractivity contribution in [2.24, 2.45) is 0 Å². The lowest BCUT2D eigenvalue weighted by atomic mass is 10.1. The summed E-state index contributed by atoms with van der Waals surface area (Å²) in [6.07, 6.45) is 0. The van der Waals surface area contributed by atoms with Gasteiger partial charge in [0.25, 0.3) is 0 Å². The molecule has 0 unspecified atom stereocenters. The van der Waals surface area contributed by atoms with E-state index in [-0.39, 0.29) is 0 Å². The highest BCUT2D eigenvalue weighted by atomic mass is 35.5. The maximum atomic E-state index is 6.88. The van der Waals surface area contributed by atoms with Crippen LogP contribution in [0.5, 0.6) is 11.5 Å². The highest BCUT2D eigenvalue weighted by Crippen LogP contribution is 2.40. The lowest BCUT2D eigenvalue weighted by molar-refractivity contribution is 0.415. The molecule has 0 bridgehead atoms. The fourth-order valence-corrected chi connectivity index (χ4v) is 3.72. The van der Waals surface area contributed by atoms with E-state index in [1.54, 1.807) is 18.9 Å². The number of benzene rings is 3. The first-order chi connectivity index (χ1) is 14.1. The second kappa shape index (κ2) is 8.19. The van der Waals surface area contributed by atoms with Crippen molar-refractivity contribution in [3.05, 3.63) is 82.8 Å². The third-order valence-corrected chi connectivity index (χ3v) is 5.27. The molecular formula is C23H18Cl2N2O2. The number of hydrogen-bond donors (Lipinski definition) is 0. The van der Waals surface area contributed by atoms with Crippen molar-refractivity contribution in [2.75, 3.05) is 14.2 Å². The molecule has 0 aliphatic rings. The van der Waals surface area contributed by atoms with Crippen molar-refractivity contribution in [1.29, 1.82) is 0 Å². The molecule has 0 aliphatic carbocycles. The molecule has 0 fully saturated rings. The van der Waals surface area contributed by atoms with Gasteiger partial charge in [0.05, 0.1) is 35.6 Å². The molecule has 3 aromatic carbocycles. The monoisotopic (exact) mass is 424 g/mol. The van der Waals surface area contributed by atoms with Crippen molar-refractivity contribution < 1.29 is 9.47 Å². The Morgan fingerprint density at radius 1 is 0.759 bits per heavy atom. The van der Waals surface area contributed by atoms with Crippen LogP contribution in [0.25, 0.3) is 28.2 Å². The van der Waals surface area contributed by atoms with Gasteiger partial charge in [-0.2, -0.15) is 5.10 Å². The second-order valence-corrected chi connectivity index (χ2v) is 7.12. The Bertz CT molecular complexity index is 1170. The predicted octanol–water partition coefficient (Wildman–Crippen LogP) is 6.53. The van der Waals surface area contributed by atoms with Crippen molar-refractivity contribution in [1.82, 2.24) is 9.78 Å². The molecule has 1 aromatic heterocycles. The van der Waals surface area contributed by atoms with Crippen molar-refractivity contribution in [3.63, 3.8) is 0 Å². The Kier molecular flexibility index (Phi) is 5.47. The van der Waals surface area contributed by atoms with Crippen LogP contribution in [0.1, 0.15) is 0 Å². The number of halogens is 2. The van der Waals surface area contributed by atoms with Crippen LogP contribution in [0, 0.1) is 0 Å². The summed E-state index contributed by atoms with van der Waals surface area (Å²) in [6, 6.07) is 22.9. The third-order valence-electron chi connectivity index (χ3n) is 4.59. The zero-order valence-electron chi connectivity index (χ0n) is 15.9. The Morgan fingerprint density at radius 3 is 2.03 bits per heavy atom. The van der Waals surface area contributed by atoms with E-state index in [0.29, 0.717) is 15.7 Å².